The second kappa shape index (κ2) is 5.71. The summed E-state index contributed by atoms with van der Waals surface area (Å²) < 4.78 is 28.9. The Balaban J connectivity index is 2.54. The molecular formula is C13H19N3O2S. The third-order valence-corrected chi connectivity index (χ3v) is 4.25. The molecule has 0 fully saturated rings. The van der Waals surface area contributed by atoms with Gasteiger partial charge in [-0.15, -0.1) is 0 Å². The number of sulfonamides is 1. The first-order valence-electron chi connectivity index (χ1n) is 6.55. The van der Waals surface area contributed by atoms with Gasteiger partial charge in [0.2, 0.25) is 0 Å². The Labute approximate surface area is 113 Å². The second-order valence-corrected chi connectivity index (χ2v) is 6.12. The lowest BCUT2D eigenvalue weighted by atomic mass is 10.3. The van der Waals surface area contributed by atoms with E-state index in [1.54, 1.807) is 6.07 Å². The molecule has 19 heavy (non-hydrogen) atoms. The van der Waals surface area contributed by atoms with Gasteiger partial charge in [-0.3, -0.25) is 0 Å². The molecule has 2 aromatic rings. The zero-order valence-electron chi connectivity index (χ0n) is 11.3. The van der Waals surface area contributed by atoms with Gasteiger partial charge in [-0.2, -0.15) is 0 Å². The van der Waals surface area contributed by atoms with Gasteiger partial charge < -0.3 is 4.40 Å². The summed E-state index contributed by atoms with van der Waals surface area (Å²) in [6.07, 6.45) is 4.30. The maximum atomic E-state index is 12.2. The average molecular weight is 281 g/mol. The van der Waals surface area contributed by atoms with Crippen molar-refractivity contribution in [1.29, 1.82) is 0 Å². The zero-order chi connectivity index (χ0) is 13.9. The monoisotopic (exact) mass is 281 g/mol. The molecule has 1 N–H and O–H groups in total. The molecule has 0 saturated carbocycles. The third-order valence-electron chi connectivity index (χ3n) is 2.86. The van der Waals surface area contributed by atoms with Crippen LogP contribution in [0.15, 0.2) is 29.4 Å². The smallest absolute Gasteiger partial charge is 0.260 e. The highest BCUT2D eigenvalue weighted by molar-refractivity contribution is 7.89. The van der Waals surface area contributed by atoms with Crippen molar-refractivity contribution in [3.8, 4) is 0 Å². The quantitative estimate of drug-likeness (QED) is 0.880. The van der Waals surface area contributed by atoms with Gasteiger partial charge in [0.1, 0.15) is 5.82 Å². The number of fused-ring (bicyclic) bond motifs is 1. The largest absolute Gasteiger partial charge is 0.302 e. The van der Waals surface area contributed by atoms with Crippen molar-refractivity contribution in [2.75, 3.05) is 6.54 Å². The van der Waals surface area contributed by atoms with Crippen molar-refractivity contribution in [3.63, 3.8) is 0 Å². The van der Waals surface area contributed by atoms with Crippen molar-refractivity contribution in [3.05, 3.63) is 30.2 Å². The van der Waals surface area contributed by atoms with Crippen LogP contribution in [0.3, 0.4) is 0 Å². The number of rotatable bonds is 6. The van der Waals surface area contributed by atoms with Gasteiger partial charge >= 0.3 is 0 Å². The van der Waals surface area contributed by atoms with E-state index >= 15 is 0 Å². The van der Waals surface area contributed by atoms with Gasteiger partial charge in [-0.1, -0.05) is 19.9 Å². The summed E-state index contributed by atoms with van der Waals surface area (Å²) in [6.45, 7) is 4.40. The van der Waals surface area contributed by atoms with E-state index in [1.807, 2.05) is 36.6 Å². The number of hydrogen-bond acceptors (Lipinski definition) is 3. The Morgan fingerprint density at radius 2 is 2.05 bits per heavy atom. The van der Waals surface area contributed by atoms with E-state index in [1.165, 1.54) is 0 Å². The van der Waals surface area contributed by atoms with E-state index in [4.69, 9.17) is 0 Å². The van der Waals surface area contributed by atoms with E-state index in [-0.39, 0.29) is 5.03 Å². The van der Waals surface area contributed by atoms with E-state index in [0.29, 0.717) is 12.1 Å². The standard InChI is InChI=1S/C13H19N3O2S/c1-3-7-12-15-13(19(17,18)14-9-4-2)11-8-5-6-10-16(11)12/h5-6,8,10,14H,3-4,7,9H2,1-2H3. The van der Waals surface area contributed by atoms with Crippen molar-refractivity contribution in [1.82, 2.24) is 14.1 Å². The van der Waals surface area contributed by atoms with Crippen molar-refractivity contribution in [2.45, 2.75) is 38.1 Å². The molecule has 0 aliphatic rings. The molecule has 0 spiro atoms. The molecular weight excluding hydrogens is 262 g/mol. The molecule has 0 saturated heterocycles. The number of nitrogens with one attached hydrogen (secondary N) is 1. The van der Waals surface area contributed by atoms with Gasteiger partial charge in [0, 0.05) is 19.2 Å². The molecule has 2 rings (SSSR count). The van der Waals surface area contributed by atoms with Gasteiger partial charge in [-0.25, -0.2) is 18.1 Å². The van der Waals surface area contributed by atoms with E-state index in [2.05, 4.69) is 9.71 Å². The minimum atomic E-state index is -3.53. The lowest BCUT2D eigenvalue weighted by molar-refractivity contribution is 0.578. The first-order valence-corrected chi connectivity index (χ1v) is 8.04. The molecule has 0 amide bonds. The van der Waals surface area contributed by atoms with Gasteiger partial charge in [-0.05, 0) is 25.0 Å². The molecule has 0 atom stereocenters. The molecule has 0 bridgehead atoms. The van der Waals surface area contributed by atoms with Gasteiger partial charge in [0.05, 0.1) is 5.52 Å². The Morgan fingerprint density at radius 3 is 2.74 bits per heavy atom. The van der Waals surface area contributed by atoms with E-state index in [9.17, 15) is 8.42 Å². The maximum Gasteiger partial charge on any atom is 0.260 e. The van der Waals surface area contributed by atoms with Crippen molar-refractivity contribution >= 4 is 15.5 Å². The molecule has 6 heteroatoms. The SMILES string of the molecule is CCCNS(=O)(=O)c1nc(CCC)n2ccccc12. The minimum absolute atomic E-state index is 0.130. The zero-order valence-corrected chi connectivity index (χ0v) is 12.1. The predicted molar refractivity (Wildman–Crippen MR) is 74.7 cm³/mol. The predicted octanol–water partition coefficient (Wildman–Crippen LogP) is 1.98. The Hall–Kier alpha value is -1.40. The third kappa shape index (κ3) is 2.79. The summed E-state index contributed by atoms with van der Waals surface area (Å²) >= 11 is 0. The van der Waals surface area contributed by atoms with Crippen LogP contribution >= 0.6 is 0 Å². The Bertz CT molecular complexity index is 662. The number of aromatic nitrogens is 2. The number of nitrogens with zero attached hydrogens (tertiary/aromatic N) is 2. The first-order chi connectivity index (χ1) is 9.10. The van der Waals surface area contributed by atoms with Crippen LogP contribution in [0.5, 0.6) is 0 Å². The summed E-state index contributed by atoms with van der Waals surface area (Å²) in [5.41, 5.74) is 0.634. The van der Waals surface area contributed by atoms with Crippen LogP contribution in [0, 0.1) is 0 Å². The Morgan fingerprint density at radius 1 is 1.26 bits per heavy atom. The van der Waals surface area contributed by atoms with Crippen LogP contribution in [0.2, 0.25) is 0 Å². The fourth-order valence-electron chi connectivity index (χ4n) is 1.97. The molecule has 5 nitrogen and oxygen atoms in total. The van der Waals surface area contributed by atoms with Crippen LogP contribution < -0.4 is 4.72 Å². The molecule has 0 aromatic carbocycles. The first kappa shape index (κ1) is 14.0. The van der Waals surface area contributed by atoms with Gasteiger partial charge in [0.25, 0.3) is 10.0 Å². The molecule has 104 valence electrons. The summed E-state index contributed by atoms with van der Waals surface area (Å²) in [6, 6.07) is 5.49. The molecule has 2 aromatic heterocycles. The van der Waals surface area contributed by atoms with Crippen molar-refractivity contribution < 1.29 is 8.42 Å². The molecule has 0 aliphatic heterocycles. The van der Waals surface area contributed by atoms with Crippen LogP contribution in [-0.2, 0) is 16.4 Å². The molecule has 2 heterocycles. The summed E-state index contributed by atoms with van der Waals surface area (Å²) in [7, 11) is -3.53. The highest BCUT2D eigenvalue weighted by atomic mass is 32.2. The molecule has 0 unspecified atom stereocenters. The minimum Gasteiger partial charge on any atom is -0.302 e. The second-order valence-electron chi connectivity index (χ2n) is 4.44. The summed E-state index contributed by atoms with van der Waals surface area (Å²) in [4.78, 5) is 4.32. The fourth-order valence-corrected chi connectivity index (χ4v) is 3.25. The maximum absolute atomic E-state index is 12.2. The number of aryl methyl sites for hydroxylation is 1. The number of imidazole rings is 1. The van der Waals surface area contributed by atoms with Gasteiger partial charge in [0.15, 0.2) is 5.03 Å². The lowest BCUT2D eigenvalue weighted by Gasteiger charge is -2.02. The number of pyridine rings is 1. The van der Waals surface area contributed by atoms with Crippen LogP contribution in [0.4, 0.5) is 0 Å². The fraction of sp³-hybridized carbons (Fsp3) is 0.462. The van der Waals surface area contributed by atoms with Crippen LogP contribution in [-0.4, -0.2) is 24.3 Å². The van der Waals surface area contributed by atoms with Crippen LogP contribution in [0.25, 0.3) is 5.52 Å². The highest BCUT2D eigenvalue weighted by Gasteiger charge is 2.22. The Kier molecular flexibility index (Phi) is 4.21. The normalized spacial score (nSPS) is 12.1. The van der Waals surface area contributed by atoms with Crippen LogP contribution in [0.1, 0.15) is 32.5 Å². The highest BCUT2D eigenvalue weighted by Crippen LogP contribution is 2.18. The molecule has 0 aliphatic carbocycles. The van der Waals surface area contributed by atoms with Crippen molar-refractivity contribution in [2.24, 2.45) is 0 Å². The summed E-state index contributed by atoms with van der Waals surface area (Å²) in [5, 5.41) is 0.130. The topological polar surface area (TPSA) is 63.5 Å². The summed E-state index contributed by atoms with van der Waals surface area (Å²) in [5.74, 6) is 0.787. The average Bonchev–Trinajstić information content (AvgIpc) is 2.77. The van der Waals surface area contributed by atoms with E-state index < -0.39 is 10.0 Å². The van der Waals surface area contributed by atoms with E-state index in [0.717, 1.165) is 25.1 Å². The lowest BCUT2D eigenvalue weighted by Crippen LogP contribution is -2.24. The molecule has 0 radical (unpaired) electrons. The number of hydrogen-bond donors (Lipinski definition) is 1.